The zero-order valence-corrected chi connectivity index (χ0v) is 12.9. The minimum atomic E-state index is -0.205. The molecule has 0 saturated heterocycles. The van der Waals surface area contributed by atoms with Crippen molar-refractivity contribution < 1.29 is 14.6 Å². The summed E-state index contributed by atoms with van der Waals surface area (Å²) in [7, 11) is 1.77. The molecule has 1 heterocycles. The van der Waals surface area contributed by atoms with Gasteiger partial charge in [0.15, 0.2) is 5.82 Å². The van der Waals surface area contributed by atoms with Crippen LogP contribution in [0, 0.1) is 0 Å². The fourth-order valence-corrected chi connectivity index (χ4v) is 2.21. The molecule has 0 unspecified atom stereocenters. The van der Waals surface area contributed by atoms with Gasteiger partial charge in [0.1, 0.15) is 5.75 Å². The number of rotatable bonds is 7. The summed E-state index contributed by atoms with van der Waals surface area (Å²) in [6.07, 6.45) is 3.31. The van der Waals surface area contributed by atoms with Crippen LogP contribution in [0.5, 0.6) is 5.75 Å². The molecule has 0 aliphatic carbocycles. The Labute approximate surface area is 130 Å². The van der Waals surface area contributed by atoms with Gasteiger partial charge in [0.25, 0.3) is 5.91 Å². The van der Waals surface area contributed by atoms with Gasteiger partial charge in [-0.2, -0.15) is 0 Å². The number of carbonyl (C=O) groups is 1. The van der Waals surface area contributed by atoms with E-state index < -0.39 is 0 Å². The van der Waals surface area contributed by atoms with Gasteiger partial charge in [-0.25, -0.2) is 4.98 Å². The zero-order valence-electron chi connectivity index (χ0n) is 12.9. The minimum Gasteiger partial charge on any atom is -0.494 e. The Kier molecular flexibility index (Phi) is 5.55. The van der Waals surface area contributed by atoms with Gasteiger partial charge in [-0.05, 0) is 24.6 Å². The first-order valence-electron chi connectivity index (χ1n) is 7.25. The van der Waals surface area contributed by atoms with Crippen molar-refractivity contribution in [2.45, 2.75) is 13.5 Å². The highest BCUT2D eigenvalue weighted by atomic mass is 16.5. The Morgan fingerprint density at radius 1 is 1.45 bits per heavy atom. The lowest BCUT2D eigenvalue weighted by atomic mass is 10.2. The van der Waals surface area contributed by atoms with Crippen LogP contribution in [0.4, 0.5) is 0 Å². The smallest absolute Gasteiger partial charge is 0.290 e. The largest absolute Gasteiger partial charge is 0.494 e. The molecule has 1 N–H and O–H groups in total. The third-order valence-electron chi connectivity index (χ3n) is 3.25. The van der Waals surface area contributed by atoms with E-state index in [2.05, 4.69) is 4.98 Å². The fraction of sp³-hybridized carbons (Fsp3) is 0.375. The number of ether oxygens (including phenoxy) is 1. The Hall–Kier alpha value is -2.34. The molecule has 118 valence electrons. The summed E-state index contributed by atoms with van der Waals surface area (Å²) < 4.78 is 7.14. The van der Waals surface area contributed by atoms with Gasteiger partial charge in [-0.15, -0.1) is 0 Å². The van der Waals surface area contributed by atoms with Crippen LogP contribution < -0.4 is 4.74 Å². The van der Waals surface area contributed by atoms with Crippen LogP contribution in [-0.4, -0.2) is 45.2 Å². The predicted molar refractivity (Wildman–Crippen MR) is 82.6 cm³/mol. The first-order chi connectivity index (χ1) is 10.7. The summed E-state index contributed by atoms with van der Waals surface area (Å²) in [5, 5.41) is 9.22. The number of hydrogen-bond acceptors (Lipinski definition) is 4. The molecule has 0 saturated carbocycles. The van der Waals surface area contributed by atoms with Crippen molar-refractivity contribution in [2.75, 3.05) is 19.8 Å². The number of hydrogen-bond donors (Lipinski definition) is 1. The van der Waals surface area contributed by atoms with Gasteiger partial charge in [0.2, 0.25) is 0 Å². The van der Waals surface area contributed by atoms with E-state index in [1.54, 1.807) is 28.9 Å². The number of benzene rings is 1. The highest BCUT2D eigenvalue weighted by Crippen LogP contribution is 2.16. The fourth-order valence-electron chi connectivity index (χ4n) is 2.21. The third-order valence-corrected chi connectivity index (χ3v) is 3.25. The molecule has 0 aliphatic heterocycles. The van der Waals surface area contributed by atoms with Crippen molar-refractivity contribution in [2.24, 2.45) is 7.05 Å². The van der Waals surface area contributed by atoms with Crippen molar-refractivity contribution in [3.05, 3.63) is 48.0 Å². The first kappa shape index (κ1) is 16.0. The average Bonchev–Trinajstić information content (AvgIpc) is 2.93. The minimum absolute atomic E-state index is 0.0959. The van der Waals surface area contributed by atoms with Gasteiger partial charge in [-0.1, -0.05) is 12.1 Å². The number of aliphatic hydroxyl groups excluding tert-OH is 1. The molecular weight excluding hydrogens is 282 g/mol. The normalized spacial score (nSPS) is 10.5. The quantitative estimate of drug-likeness (QED) is 0.841. The molecule has 0 bridgehead atoms. The second kappa shape index (κ2) is 7.61. The summed E-state index contributed by atoms with van der Waals surface area (Å²) in [4.78, 5) is 18.2. The average molecular weight is 303 g/mol. The van der Waals surface area contributed by atoms with Crippen LogP contribution in [0.1, 0.15) is 23.1 Å². The van der Waals surface area contributed by atoms with Crippen molar-refractivity contribution in [1.82, 2.24) is 14.5 Å². The van der Waals surface area contributed by atoms with E-state index in [1.807, 2.05) is 31.2 Å². The number of nitrogens with zero attached hydrogens (tertiary/aromatic N) is 3. The molecule has 2 rings (SSSR count). The number of carbonyl (C=O) groups excluding carboxylic acids is 1. The van der Waals surface area contributed by atoms with E-state index in [0.29, 0.717) is 19.0 Å². The number of amides is 1. The van der Waals surface area contributed by atoms with Gasteiger partial charge in [-0.3, -0.25) is 4.79 Å². The molecule has 0 atom stereocenters. The maximum atomic E-state index is 12.5. The molecule has 6 heteroatoms. The third kappa shape index (κ3) is 3.85. The standard InChI is InChI=1S/C16H21N3O3/c1-3-22-14-6-4-5-13(11-14)12-19(9-10-20)16(21)15-17-7-8-18(15)2/h4-8,11,20H,3,9-10,12H2,1-2H3. The van der Waals surface area contributed by atoms with Gasteiger partial charge in [0.05, 0.1) is 13.2 Å². The number of imidazole rings is 1. The number of aromatic nitrogens is 2. The van der Waals surface area contributed by atoms with Crippen molar-refractivity contribution in [3.8, 4) is 5.75 Å². The van der Waals surface area contributed by atoms with E-state index in [1.165, 1.54) is 0 Å². The van der Waals surface area contributed by atoms with Gasteiger partial charge in [0, 0.05) is 32.5 Å². The molecule has 1 amide bonds. The van der Waals surface area contributed by atoms with E-state index in [4.69, 9.17) is 4.74 Å². The summed E-state index contributed by atoms with van der Waals surface area (Å²) >= 11 is 0. The molecule has 0 spiro atoms. The predicted octanol–water partition coefficient (Wildman–Crippen LogP) is 1.45. The van der Waals surface area contributed by atoms with E-state index >= 15 is 0 Å². The lowest BCUT2D eigenvalue weighted by molar-refractivity contribution is 0.0691. The number of aliphatic hydroxyl groups is 1. The van der Waals surface area contributed by atoms with Gasteiger partial charge >= 0.3 is 0 Å². The summed E-state index contributed by atoms with van der Waals surface area (Å²) in [6.45, 7) is 3.07. The number of aryl methyl sites for hydroxylation is 1. The maximum absolute atomic E-state index is 12.5. The van der Waals surface area contributed by atoms with Crippen LogP contribution in [0.2, 0.25) is 0 Å². The maximum Gasteiger partial charge on any atom is 0.290 e. The molecule has 2 aromatic rings. The van der Waals surface area contributed by atoms with Crippen LogP contribution in [0.25, 0.3) is 0 Å². The van der Waals surface area contributed by atoms with E-state index in [0.717, 1.165) is 11.3 Å². The zero-order chi connectivity index (χ0) is 15.9. The summed E-state index contributed by atoms with van der Waals surface area (Å²) in [6, 6.07) is 7.60. The van der Waals surface area contributed by atoms with Crippen LogP contribution in [-0.2, 0) is 13.6 Å². The molecule has 22 heavy (non-hydrogen) atoms. The van der Waals surface area contributed by atoms with E-state index in [9.17, 15) is 9.90 Å². The molecule has 0 aliphatic rings. The van der Waals surface area contributed by atoms with Crippen molar-refractivity contribution in [3.63, 3.8) is 0 Å². The second-order valence-electron chi connectivity index (χ2n) is 4.89. The Balaban J connectivity index is 2.16. The molecular formula is C16H21N3O3. The molecule has 1 aromatic carbocycles. The second-order valence-corrected chi connectivity index (χ2v) is 4.89. The molecule has 0 radical (unpaired) electrons. The Bertz CT molecular complexity index is 625. The molecule has 1 aromatic heterocycles. The van der Waals surface area contributed by atoms with Crippen molar-refractivity contribution >= 4 is 5.91 Å². The molecule has 6 nitrogen and oxygen atoms in total. The van der Waals surface area contributed by atoms with Crippen LogP contribution >= 0.6 is 0 Å². The SMILES string of the molecule is CCOc1cccc(CN(CCO)C(=O)c2nccn2C)c1. The topological polar surface area (TPSA) is 67.6 Å². The highest BCUT2D eigenvalue weighted by molar-refractivity contribution is 5.90. The molecule has 0 fully saturated rings. The Morgan fingerprint density at radius 3 is 2.91 bits per heavy atom. The van der Waals surface area contributed by atoms with Crippen LogP contribution in [0.15, 0.2) is 36.7 Å². The highest BCUT2D eigenvalue weighted by Gasteiger charge is 2.19. The Morgan fingerprint density at radius 2 is 2.27 bits per heavy atom. The lowest BCUT2D eigenvalue weighted by Crippen LogP contribution is -2.34. The summed E-state index contributed by atoms with van der Waals surface area (Å²) in [5.74, 6) is 0.922. The van der Waals surface area contributed by atoms with E-state index in [-0.39, 0.29) is 19.1 Å². The lowest BCUT2D eigenvalue weighted by Gasteiger charge is -2.21. The monoisotopic (exact) mass is 303 g/mol. The van der Waals surface area contributed by atoms with Crippen LogP contribution in [0.3, 0.4) is 0 Å². The van der Waals surface area contributed by atoms with Gasteiger partial charge < -0.3 is 19.3 Å². The van der Waals surface area contributed by atoms with Crippen molar-refractivity contribution in [1.29, 1.82) is 0 Å². The first-order valence-corrected chi connectivity index (χ1v) is 7.25. The summed E-state index contributed by atoms with van der Waals surface area (Å²) in [5.41, 5.74) is 0.946.